The van der Waals surface area contributed by atoms with E-state index in [1.54, 1.807) is 0 Å². The van der Waals surface area contributed by atoms with Crippen molar-refractivity contribution in [3.05, 3.63) is 44.5 Å². The fraction of sp³-hybridized carbons (Fsp3) is 0.333. The van der Waals surface area contributed by atoms with Gasteiger partial charge in [0.25, 0.3) is 0 Å². The van der Waals surface area contributed by atoms with Crippen LogP contribution in [0.4, 0.5) is 0 Å². The molecule has 1 nitrogen and oxygen atoms in total. The van der Waals surface area contributed by atoms with Crippen LogP contribution < -0.4 is 0 Å². The van der Waals surface area contributed by atoms with Crippen molar-refractivity contribution in [3.63, 3.8) is 0 Å². The maximum absolute atomic E-state index is 6.21. The zero-order chi connectivity index (χ0) is 14.3. The highest BCUT2D eigenvalue weighted by Gasteiger charge is 2.14. The molecule has 0 fully saturated rings. The largest absolute Gasteiger partial charge is 0.455 e. The van der Waals surface area contributed by atoms with Crippen molar-refractivity contribution in [2.45, 2.75) is 40.0 Å². The molecular weight excluding hydrogens is 359 g/mol. The van der Waals surface area contributed by atoms with Gasteiger partial charge >= 0.3 is 0 Å². The van der Waals surface area contributed by atoms with Crippen LogP contribution in [0.3, 0.4) is 0 Å². The third kappa shape index (κ3) is 2.14. The van der Waals surface area contributed by atoms with Gasteiger partial charge in [0.05, 0.1) is 3.57 Å². The number of rotatable bonds is 3. The maximum atomic E-state index is 6.21. The second kappa shape index (κ2) is 5.40. The Labute approximate surface area is 133 Å². The molecule has 0 saturated carbocycles. The molecule has 0 spiro atoms. The molecule has 2 aromatic carbocycles. The highest BCUT2D eigenvalue weighted by atomic mass is 127. The summed E-state index contributed by atoms with van der Waals surface area (Å²) in [7, 11) is 0. The second-order valence-electron chi connectivity index (χ2n) is 5.51. The van der Waals surface area contributed by atoms with Crippen LogP contribution in [0, 0.1) is 17.4 Å². The molecule has 3 rings (SSSR count). The maximum Gasteiger partial charge on any atom is 0.149 e. The SMILES string of the molecule is CCCCc1ccc2c(oc3c(C)c(C)ccc32)c1I. The minimum absolute atomic E-state index is 1.05. The number of unbranched alkanes of at least 4 members (excludes halogenated alkanes) is 1. The van der Waals surface area contributed by atoms with Crippen molar-refractivity contribution in [2.24, 2.45) is 0 Å². The summed E-state index contributed by atoms with van der Waals surface area (Å²) >= 11 is 2.44. The zero-order valence-corrected chi connectivity index (χ0v) is 14.4. The summed E-state index contributed by atoms with van der Waals surface area (Å²) in [5.41, 5.74) is 6.06. The molecular formula is C18H19IO. The Bertz CT molecular complexity index is 783. The van der Waals surface area contributed by atoms with Gasteiger partial charge in [-0.3, -0.25) is 0 Å². The third-order valence-corrected chi connectivity index (χ3v) is 5.33. The van der Waals surface area contributed by atoms with E-state index in [0.717, 1.165) is 17.6 Å². The van der Waals surface area contributed by atoms with Crippen molar-refractivity contribution in [2.75, 3.05) is 0 Å². The molecule has 1 heterocycles. The number of furan rings is 1. The predicted molar refractivity (Wildman–Crippen MR) is 94.5 cm³/mol. The summed E-state index contributed by atoms with van der Waals surface area (Å²) in [6.45, 7) is 6.52. The van der Waals surface area contributed by atoms with Crippen LogP contribution in [-0.2, 0) is 6.42 Å². The van der Waals surface area contributed by atoms with Gasteiger partial charge in [0, 0.05) is 10.8 Å². The molecule has 0 atom stereocenters. The van der Waals surface area contributed by atoms with E-state index in [4.69, 9.17) is 4.42 Å². The molecule has 0 aliphatic rings. The lowest BCUT2D eigenvalue weighted by Gasteiger charge is -2.03. The standard InChI is InChI=1S/C18H19IO/c1-4-5-6-13-8-10-15-14-9-7-11(2)12(3)17(14)20-18(15)16(13)19/h7-10H,4-6H2,1-3H3. The van der Waals surface area contributed by atoms with E-state index in [1.165, 1.54) is 43.9 Å². The smallest absolute Gasteiger partial charge is 0.149 e. The molecule has 3 aromatic rings. The first-order chi connectivity index (χ1) is 9.63. The molecule has 0 bridgehead atoms. The first-order valence-corrected chi connectivity index (χ1v) is 8.31. The summed E-state index contributed by atoms with van der Waals surface area (Å²) < 4.78 is 7.49. The van der Waals surface area contributed by atoms with E-state index >= 15 is 0 Å². The monoisotopic (exact) mass is 378 g/mol. The molecule has 0 aliphatic carbocycles. The van der Waals surface area contributed by atoms with E-state index in [1.807, 2.05) is 0 Å². The van der Waals surface area contributed by atoms with Crippen LogP contribution in [0.25, 0.3) is 21.9 Å². The summed E-state index contributed by atoms with van der Waals surface area (Å²) in [6.07, 6.45) is 3.60. The highest BCUT2D eigenvalue weighted by Crippen LogP contribution is 2.35. The van der Waals surface area contributed by atoms with Gasteiger partial charge in [-0.2, -0.15) is 0 Å². The van der Waals surface area contributed by atoms with E-state index in [0.29, 0.717) is 0 Å². The quantitative estimate of drug-likeness (QED) is 0.498. The molecule has 20 heavy (non-hydrogen) atoms. The molecule has 0 aliphatic heterocycles. The van der Waals surface area contributed by atoms with Crippen molar-refractivity contribution in [1.29, 1.82) is 0 Å². The van der Waals surface area contributed by atoms with E-state index in [2.05, 4.69) is 67.6 Å². The second-order valence-corrected chi connectivity index (χ2v) is 6.58. The molecule has 0 unspecified atom stereocenters. The fourth-order valence-corrected chi connectivity index (χ4v) is 3.55. The number of benzene rings is 2. The van der Waals surface area contributed by atoms with Crippen LogP contribution in [0.1, 0.15) is 36.5 Å². The molecule has 0 saturated heterocycles. The van der Waals surface area contributed by atoms with Crippen LogP contribution in [0.15, 0.2) is 28.7 Å². The highest BCUT2D eigenvalue weighted by molar-refractivity contribution is 14.1. The van der Waals surface area contributed by atoms with Gasteiger partial charge in [-0.05, 0) is 66.0 Å². The van der Waals surface area contributed by atoms with E-state index < -0.39 is 0 Å². The normalized spacial score (nSPS) is 11.6. The first-order valence-electron chi connectivity index (χ1n) is 7.23. The van der Waals surface area contributed by atoms with Crippen molar-refractivity contribution >= 4 is 44.5 Å². The lowest BCUT2D eigenvalue weighted by atomic mass is 10.0. The van der Waals surface area contributed by atoms with Crippen LogP contribution in [0.5, 0.6) is 0 Å². The van der Waals surface area contributed by atoms with Crippen LogP contribution in [-0.4, -0.2) is 0 Å². The molecule has 1 aromatic heterocycles. The molecule has 0 amide bonds. The van der Waals surface area contributed by atoms with Crippen molar-refractivity contribution < 1.29 is 4.42 Å². The average Bonchev–Trinajstić information content (AvgIpc) is 2.83. The number of hydrogen-bond acceptors (Lipinski definition) is 1. The van der Waals surface area contributed by atoms with Gasteiger partial charge < -0.3 is 4.42 Å². The van der Waals surface area contributed by atoms with Crippen molar-refractivity contribution in [1.82, 2.24) is 0 Å². The van der Waals surface area contributed by atoms with Gasteiger partial charge in [0.1, 0.15) is 11.2 Å². The predicted octanol–water partition coefficient (Wildman–Crippen LogP) is 6.15. The number of aryl methyl sites for hydroxylation is 3. The van der Waals surface area contributed by atoms with Gasteiger partial charge in [-0.25, -0.2) is 0 Å². The summed E-state index contributed by atoms with van der Waals surface area (Å²) in [5, 5.41) is 2.48. The minimum atomic E-state index is 1.05. The van der Waals surface area contributed by atoms with Gasteiger partial charge in [-0.15, -0.1) is 0 Å². The Hall–Kier alpha value is -1.03. The van der Waals surface area contributed by atoms with E-state index in [9.17, 15) is 0 Å². The molecule has 0 N–H and O–H groups in total. The number of hydrogen-bond donors (Lipinski definition) is 0. The Balaban J connectivity index is 2.27. The molecule has 2 heteroatoms. The third-order valence-electron chi connectivity index (χ3n) is 4.15. The van der Waals surface area contributed by atoms with Gasteiger partial charge in [0.2, 0.25) is 0 Å². The van der Waals surface area contributed by atoms with Gasteiger partial charge in [0.15, 0.2) is 0 Å². The topological polar surface area (TPSA) is 13.1 Å². The molecule has 0 radical (unpaired) electrons. The summed E-state index contributed by atoms with van der Waals surface area (Å²) in [6, 6.07) is 8.86. The van der Waals surface area contributed by atoms with E-state index in [-0.39, 0.29) is 0 Å². The Morgan fingerprint density at radius 3 is 2.45 bits per heavy atom. The Morgan fingerprint density at radius 2 is 1.70 bits per heavy atom. The fourth-order valence-electron chi connectivity index (χ4n) is 2.70. The number of fused-ring (bicyclic) bond motifs is 3. The van der Waals surface area contributed by atoms with Gasteiger partial charge in [-0.1, -0.05) is 37.6 Å². The average molecular weight is 378 g/mol. The minimum Gasteiger partial charge on any atom is -0.455 e. The zero-order valence-electron chi connectivity index (χ0n) is 12.2. The van der Waals surface area contributed by atoms with Crippen molar-refractivity contribution in [3.8, 4) is 0 Å². The molecule has 104 valence electrons. The Morgan fingerprint density at radius 1 is 1.00 bits per heavy atom. The first kappa shape index (κ1) is 13.9. The Kier molecular flexibility index (Phi) is 3.76. The summed E-state index contributed by atoms with van der Waals surface area (Å²) in [4.78, 5) is 0. The lowest BCUT2D eigenvalue weighted by molar-refractivity contribution is 0.661. The van der Waals surface area contributed by atoms with Crippen LogP contribution >= 0.6 is 22.6 Å². The number of halogens is 1. The van der Waals surface area contributed by atoms with Crippen LogP contribution in [0.2, 0.25) is 0 Å². The lowest BCUT2D eigenvalue weighted by Crippen LogP contribution is -1.89. The summed E-state index contributed by atoms with van der Waals surface area (Å²) in [5.74, 6) is 0.